The van der Waals surface area contributed by atoms with Crippen LogP contribution in [0.15, 0.2) is 60.7 Å². The number of aromatic nitrogens is 3. The maximum absolute atomic E-state index is 13.7. The summed E-state index contributed by atoms with van der Waals surface area (Å²) in [6.07, 6.45) is 2.85. The summed E-state index contributed by atoms with van der Waals surface area (Å²) in [5.74, 6) is 1.09. The normalized spacial score (nSPS) is 12.9. The van der Waals surface area contributed by atoms with Gasteiger partial charge in [0.05, 0.1) is 28.1 Å². The molecule has 33 heavy (non-hydrogen) atoms. The zero-order valence-corrected chi connectivity index (χ0v) is 19.0. The fourth-order valence-corrected chi connectivity index (χ4v) is 5.46. The number of hydrogen-bond acceptors (Lipinski definition) is 5. The monoisotopic (exact) mass is 454 g/mol. The van der Waals surface area contributed by atoms with E-state index in [1.165, 1.54) is 0 Å². The highest BCUT2D eigenvalue weighted by molar-refractivity contribution is 7.20. The smallest absolute Gasteiger partial charge is 0.261 e. The highest BCUT2D eigenvalue weighted by Crippen LogP contribution is 2.35. The molecular formula is C26H22N4O2S. The van der Waals surface area contributed by atoms with Gasteiger partial charge in [-0.2, -0.15) is 9.78 Å². The molecule has 0 saturated carbocycles. The van der Waals surface area contributed by atoms with E-state index in [1.54, 1.807) is 16.0 Å². The van der Waals surface area contributed by atoms with Crippen molar-refractivity contribution >= 4 is 44.1 Å². The summed E-state index contributed by atoms with van der Waals surface area (Å²) >= 11 is 1.57. The number of rotatable bonds is 5. The lowest BCUT2D eigenvalue weighted by Crippen LogP contribution is -2.18. The van der Waals surface area contributed by atoms with Crippen LogP contribution in [-0.2, 0) is 12.8 Å². The van der Waals surface area contributed by atoms with E-state index in [-0.39, 0.29) is 5.91 Å². The van der Waals surface area contributed by atoms with E-state index in [4.69, 9.17) is 14.8 Å². The van der Waals surface area contributed by atoms with E-state index >= 15 is 0 Å². The van der Waals surface area contributed by atoms with Crippen LogP contribution in [-0.4, -0.2) is 27.3 Å². The maximum Gasteiger partial charge on any atom is 0.261 e. The molecule has 0 bridgehead atoms. The molecular weight excluding hydrogens is 432 g/mol. The summed E-state index contributed by atoms with van der Waals surface area (Å²) in [4.78, 5) is 18.5. The van der Waals surface area contributed by atoms with E-state index in [1.807, 2.05) is 61.5 Å². The first kappa shape index (κ1) is 19.9. The second-order valence-electron chi connectivity index (χ2n) is 8.05. The molecule has 6 nitrogen and oxygen atoms in total. The Morgan fingerprint density at radius 3 is 2.82 bits per heavy atom. The van der Waals surface area contributed by atoms with Crippen LogP contribution >= 0.6 is 11.3 Å². The Hall–Kier alpha value is -3.71. The molecule has 6 rings (SSSR count). The van der Waals surface area contributed by atoms with Gasteiger partial charge in [0, 0.05) is 5.56 Å². The molecule has 0 saturated heterocycles. The molecule has 1 N–H and O–H groups in total. The summed E-state index contributed by atoms with van der Waals surface area (Å²) in [5.41, 5.74) is 3.60. The molecule has 1 amide bonds. The molecule has 3 aromatic carbocycles. The third kappa shape index (κ3) is 3.36. The summed E-state index contributed by atoms with van der Waals surface area (Å²) in [6, 6.07) is 19.8. The van der Waals surface area contributed by atoms with E-state index in [9.17, 15) is 4.79 Å². The van der Waals surface area contributed by atoms with Crippen molar-refractivity contribution < 1.29 is 9.53 Å². The number of nitrogens with zero attached hydrogens (tertiary/aromatic N) is 3. The number of fused-ring (bicyclic) bond motifs is 3. The molecule has 1 aliphatic rings. The number of benzene rings is 3. The lowest BCUT2D eigenvalue weighted by Gasteiger charge is -2.14. The van der Waals surface area contributed by atoms with Gasteiger partial charge in [0.25, 0.3) is 5.91 Å². The van der Waals surface area contributed by atoms with Gasteiger partial charge < -0.3 is 10.1 Å². The molecule has 2 heterocycles. The zero-order chi connectivity index (χ0) is 22.4. The Morgan fingerprint density at radius 1 is 1.09 bits per heavy atom. The lowest BCUT2D eigenvalue weighted by atomic mass is 10.0. The van der Waals surface area contributed by atoms with Crippen LogP contribution in [0.2, 0.25) is 0 Å². The zero-order valence-electron chi connectivity index (χ0n) is 18.2. The summed E-state index contributed by atoms with van der Waals surface area (Å²) in [5, 5.41) is 10.6. The predicted molar refractivity (Wildman–Crippen MR) is 132 cm³/mol. The molecule has 164 valence electrons. The maximum atomic E-state index is 13.7. The predicted octanol–water partition coefficient (Wildman–Crippen LogP) is 5.77. The van der Waals surface area contributed by atoms with Crippen molar-refractivity contribution in [1.29, 1.82) is 0 Å². The van der Waals surface area contributed by atoms with Crippen LogP contribution in [0.5, 0.6) is 5.75 Å². The second kappa shape index (κ2) is 8.01. The van der Waals surface area contributed by atoms with E-state index in [2.05, 4.69) is 11.4 Å². The molecule has 0 atom stereocenters. The first-order chi connectivity index (χ1) is 16.2. The number of thiazole rings is 1. The van der Waals surface area contributed by atoms with Gasteiger partial charge in [-0.05, 0) is 55.2 Å². The van der Waals surface area contributed by atoms with Crippen molar-refractivity contribution in [3.05, 3.63) is 77.5 Å². The van der Waals surface area contributed by atoms with Crippen molar-refractivity contribution in [1.82, 2.24) is 14.8 Å². The van der Waals surface area contributed by atoms with E-state index in [0.717, 1.165) is 56.6 Å². The second-order valence-corrected chi connectivity index (χ2v) is 9.06. The fourth-order valence-electron chi connectivity index (χ4n) is 4.54. The number of aryl methyl sites for hydroxylation is 1. The molecule has 0 spiro atoms. The Bertz CT molecular complexity index is 1480. The topological polar surface area (TPSA) is 69.0 Å². The summed E-state index contributed by atoms with van der Waals surface area (Å²) in [7, 11) is 0. The number of anilines is 1. The first-order valence-electron chi connectivity index (χ1n) is 11.2. The number of para-hydroxylation sites is 1. The first-order valence-corrected chi connectivity index (χ1v) is 12.0. The van der Waals surface area contributed by atoms with Gasteiger partial charge in [-0.3, -0.25) is 4.79 Å². The van der Waals surface area contributed by atoms with E-state index < -0.39 is 0 Å². The average Bonchev–Trinajstić information content (AvgIpc) is 3.54. The highest BCUT2D eigenvalue weighted by atomic mass is 32.1. The highest BCUT2D eigenvalue weighted by Gasteiger charge is 2.27. The van der Waals surface area contributed by atoms with Crippen LogP contribution in [0.4, 0.5) is 5.82 Å². The Labute approximate surface area is 194 Å². The fraction of sp³-hybridized carbons (Fsp3) is 0.192. The molecule has 1 aliphatic carbocycles. The number of amides is 1. The Kier molecular flexibility index (Phi) is 4.84. The largest absolute Gasteiger partial charge is 0.493 e. The van der Waals surface area contributed by atoms with Gasteiger partial charge >= 0.3 is 0 Å². The average molecular weight is 455 g/mol. The van der Waals surface area contributed by atoms with Crippen molar-refractivity contribution in [2.45, 2.75) is 26.2 Å². The standard InChI is InChI=1S/C26H22N4O2S/c1-2-32-21-15-14-16-8-3-4-9-17(16)23(21)25(31)28-24-18-10-7-12-19(18)29-30(24)26-27-20-11-5-6-13-22(20)33-26/h3-6,8-9,11,13-15H,2,7,10,12H2,1H3,(H,28,31). The van der Waals surface area contributed by atoms with Crippen molar-refractivity contribution in [3.8, 4) is 10.9 Å². The van der Waals surface area contributed by atoms with Crippen LogP contribution < -0.4 is 10.1 Å². The van der Waals surface area contributed by atoms with Gasteiger partial charge in [0.15, 0.2) is 0 Å². The minimum atomic E-state index is -0.202. The molecule has 7 heteroatoms. The van der Waals surface area contributed by atoms with Crippen molar-refractivity contribution in [2.75, 3.05) is 11.9 Å². The Balaban J connectivity index is 1.47. The number of nitrogens with one attached hydrogen (secondary N) is 1. The number of ether oxygens (including phenoxy) is 1. The van der Waals surface area contributed by atoms with Gasteiger partial charge in [-0.15, -0.1) is 0 Å². The van der Waals surface area contributed by atoms with Gasteiger partial charge in [0.1, 0.15) is 11.6 Å². The molecule has 0 aliphatic heterocycles. The lowest BCUT2D eigenvalue weighted by molar-refractivity contribution is 0.102. The van der Waals surface area contributed by atoms with Crippen LogP contribution in [0.1, 0.15) is 35.0 Å². The van der Waals surface area contributed by atoms with Crippen molar-refractivity contribution in [3.63, 3.8) is 0 Å². The van der Waals surface area contributed by atoms with Gasteiger partial charge in [-0.1, -0.05) is 53.8 Å². The molecule has 0 fully saturated rings. The van der Waals surface area contributed by atoms with Crippen molar-refractivity contribution in [2.24, 2.45) is 0 Å². The number of hydrogen-bond donors (Lipinski definition) is 1. The van der Waals surface area contributed by atoms with Crippen LogP contribution in [0.3, 0.4) is 0 Å². The molecule has 2 aromatic heterocycles. The number of carbonyl (C=O) groups is 1. The summed E-state index contributed by atoms with van der Waals surface area (Å²) < 4.78 is 8.73. The number of carbonyl (C=O) groups excluding carboxylic acids is 1. The quantitative estimate of drug-likeness (QED) is 0.366. The molecule has 5 aromatic rings. The van der Waals surface area contributed by atoms with Crippen LogP contribution in [0, 0.1) is 0 Å². The van der Waals surface area contributed by atoms with Gasteiger partial charge in [0.2, 0.25) is 5.13 Å². The SMILES string of the molecule is CCOc1ccc2ccccc2c1C(=O)Nc1c2c(nn1-c1nc3ccccc3s1)CCC2. The Morgan fingerprint density at radius 2 is 1.94 bits per heavy atom. The van der Waals surface area contributed by atoms with E-state index in [0.29, 0.717) is 23.7 Å². The van der Waals surface area contributed by atoms with Gasteiger partial charge in [-0.25, -0.2) is 4.98 Å². The molecule has 0 radical (unpaired) electrons. The molecule has 0 unspecified atom stereocenters. The minimum absolute atomic E-state index is 0.202. The summed E-state index contributed by atoms with van der Waals surface area (Å²) in [6.45, 7) is 2.41. The third-order valence-electron chi connectivity index (χ3n) is 6.02. The minimum Gasteiger partial charge on any atom is -0.493 e. The van der Waals surface area contributed by atoms with Crippen LogP contribution in [0.25, 0.3) is 26.1 Å². The third-order valence-corrected chi connectivity index (χ3v) is 7.03.